The van der Waals surface area contributed by atoms with Crippen molar-refractivity contribution >= 4 is 17.4 Å². The normalized spacial score (nSPS) is 13.0. The van der Waals surface area contributed by atoms with E-state index in [1.807, 2.05) is 18.4 Å². The van der Waals surface area contributed by atoms with Crippen molar-refractivity contribution in [2.24, 2.45) is 0 Å². The highest BCUT2D eigenvalue weighted by Gasteiger charge is 2.15. The number of halogens is 1. The first-order valence-corrected chi connectivity index (χ1v) is 7.80. The third kappa shape index (κ3) is 3.21. The van der Waals surface area contributed by atoms with Gasteiger partial charge < -0.3 is 14.8 Å². The number of hydrogen-bond acceptors (Lipinski definition) is 5. The van der Waals surface area contributed by atoms with E-state index < -0.39 is 5.95 Å². The van der Waals surface area contributed by atoms with Crippen LogP contribution in [0, 0.1) is 5.95 Å². The molecule has 0 bridgehead atoms. The van der Waals surface area contributed by atoms with Gasteiger partial charge in [0.25, 0.3) is 0 Å². The largest absolute Gasteiger partial charge is 0.486 e. The molecule has 2 heterocycles. The number of pyridine rings is 1. The number of benzene rings is 1. The van der Waals surface area contributed by atoms with Crippen LogP contribution in [0.4, 0.5) is 10.1 Å². The smallest absolute Gasteiger partial charge is 0.212 e. The molecule has 1 aliphatic rings. The molecule has 0 unspecified atom stereocenters. The lowest BCUT2D eigenvalue weighted by Gasteiger charge is -2.21. The van der Waals surface area contributed by atoms with Crippen LogP contribution in [0.2, 0.25) is 0 Å². The first-order chi connectivity index (χ1) is 10.3. The molecule has 21 heavy (non-hydrogen) atoms. The summed E-state index contributed by atoms with van der Waals surface area (Å²) in [6.45, 7) is 1.76. The number of fused-ring (bicyclic) bond motifs is 1. The molecule has 2 aromatic rings. The van der Waals surface area contributed by atoms with Gasteiger partial charge >= 0.3 is 0 Å². The first-order valence-electron chi connectivity index (χ1n) is 6.58. The van der Waals surface area contributed by atoms with Crippen LogP contribution < -0.4 is 14.8 Å². The zero-order valence-electron chi connectivity index (χ0n) is 11.6. The Hall–Kier alpha value is -1.95. The van der Waals surface area contributed by atoms with Crippen molar-refractivity contribution in [3.05, 3.63) is 42.0 Å². The SMILES string of the molecule is CSc1cc2c(cc1CNc1ccc(F)nc1)OCCO2. The quantitative estimate of drug-likeness (QED) is 0.693. The highest BCUT2D eigenvalue weighted by molar-refractivity contribution is 7.98. The van der Waals surface area contributed by atoms with Gasteiger partial charge in [-0.3, -0.25) is 0 Å². The molecular weight excluding hydrogens is 291 g/mol. The van der Waals surface area contributed by atoms with Crippen LogP contribution in [-0.4, -0.2) is 24.5 Å². The lowest BCUT2D eigenvalue weighted by molar-refractivity contribution is 0.171. The molecule has 4 nitrogen and oxygen atoms in total. The third-order valence-corrected chi connectivity index (χ3v) is 3.98. The van der Waals surface area contributed by atoms with Crippen LogP contribution in [0.25, 0.3) is 0 Å². The van der Waals surface area contributed by atoms with Crippen LogP contribution >= 0.6 is 11.8 Å². The monoisotopic (exact) mass is 306 g/mol. The number of ether oxygens (including phenoxy) is 2. The Morgan fingerprint density at radius 1 is 1.24 bits per heavy atom. The number of hydrogen-bond donors (Lipinski definition) is 1. The van der Waals surface area contributed by atoms with E-state index in [-0.39, 0.29) is 0 Å². The molecule has 0 aliphatic carbocycles. The Balaban J connectivity index is 1.79. The topological polar surface area (TPSA) is 43.4 Å². The molecule has 1 aromatic carbocycles. The van der Waals surface area contributed by atoms with Gasteiger partial charge in [-0.1, -0.05) is 0 Å². The van der Waals surface area contributed by atoms with E-state index in [2.05, 4.69) is 10.3 Å². The molecule has 1 aliphatic heterocycles. The fourth-order valence-corrected chi connectivity index (χ4v) is 2.74. The van der Waals surface area contributed by atoms with Crippen molar-refractivity contribution in [1.29, 1.82) is 0 Å². The van der Waals surface area contributed by atoms with Gasteiger partial charge in [-0.2, -0.15) is 4.39 Å². The van der Waals surface area contributed by atoms with Gasteiger partial charge in [0.2, 0.25) is 5.95 Å². The molecule has 110 valence electrons. The summed E-state index contributed by atoms with van der Waals surface area (Å²) in [5.41, 5.74) is 1.88. The van der Waals surface area contributed by atoms with Crippen LogP contribution in [0.15, 0.2) is 35.4 Å². The molecular formula is C15H15FN2O2S. The molecule has 0 saturated heterocycles. The fraction of sp³-hybridized carbons (Fsp3) is 0.267. The molecule has 0 radical (unpaired) electrons. The van der Waals surface area contributed by atoms with Crippen LogP contribution in [0.5, 0.6) is 11.5 Å². The average molecular weight is 306 g/mol. The Morgan fingerprint density at radius 2 is 2.00 bits per heavy atom. The van der Waals surface area contributed by atoms with E-state index in [0.29, 0.717) is 19.8 Å². The summed E-state index contributed by atoms with van der Waals surface area (Å²) in [6, 6.07) is 6.99. The predicted molar refractivity (Wildman–Crippen MR) is 80.7 cm³/mol. The molecule has 0 amide bonds. The van der Waals surface area contributed by atoms with Crippen molar-refractivity contribution in [3.8, 4) is 11.5 Å². The van der Waals surface area contributed by atoms with Crippen molar-refractivity contribution in [2.75, 3.05) is 24.8 Å². The van der Waals surface area contributed by atoms with E-state index in [1.165, 1.54) is 12.3 Å². The van der Waals surface area contributed by atoms with Gasteiger partial charge in [0.15, 0.2) is 11.5 Å². The number of nitrogens with one attached hydrogen (secondary N) is 1. The van der Waals surface area contributed by atoms with Crippen molar-refractivity contribution in [1.82, 2.24) is 4.98 Å². The second-order valence-corrected chi connectivity index (χ2v) is 5.38. The van der Waals surface area contributed by atoms with Gasteiger partial charge in [-0.15, -0.1) is 11.8 Å². The summed E-state index contributed by atoms with van der Waals surface area (Å²) in [4.78, 5) is 4.75. The maximum absolute atomic E-state index is 12.8. The van der Waals surface area contributed by atoms with Crippen LogP contribution in [0.3, 0.4) is 0 Å². The highest BCUT2D eigenvalue weighted by atomic mass is 32.2. The number of anilines is 1. The maximum atomic E-state index is 12.8. The molecule has 0 saturated carbocycles. The zero-order chi connectivity index (χ0) is 14.7. The standard InChI is InChI=1S/C15H15FN2O2S/c1-21-14-7-13-12(19-4-5-20-13)6-10(14)8-17-11-2-3-15(16)18-9-11/h2-3,6-7,9,17H,4-5,8H2,1H3. The molecule has 1 N–H and O–H groups in total. The maximum Gasteiger partial charge on any atom is 0.212 e. The Bertz CT molecular complexity index is 634. The highest BCUT2D eigenvalue weighted by Crippen LogP contribution is 2.36. The van der Waals surface area contributed by atoms with Crippen molar-refractivity contribution in [3.63, 3.8) is 0 Å². The lowest BCUT2D eigenvalue weighted by Crippen LogP contribution is -2.16. The summed E-state index contributed by atoms with van der Waals surface area (Å²) < 4.78 is 24.0. The minimum absolute atomic E-state index is 0.482. The Kier molecular flexibility index (Phi) is 4.15. The second kappa shape index (κ2) is 6.22. The molecule has 0 spiro atoms. The summed E-state index contributed by atoms with van der Waals surface area (Å²) in [6.07, 6.45) is 3.50. The Morgan fingerprint density at radius 3 is 2.67 bits per heavy atom. The number of nitrogens with zero attached hydrogens (tertiary/aromatic N) is 1. The third-order valence-electron chi connectivity index (χ3n) is 3.16. The zero-order valence-corrected chi connectivity index (χ0v) is 12.4. The van der Waals surface area contributed by atoms with E-state index in [1.54, 1.807) is 17.8 Å². The van der Waals surface area contributed by atoms with Gasteiger partial charge in [0, 0.05) is 11.4 Å². The summed E-state index contributed by atoms with van der Waals surface area (Å²) in [5, 5.41) is 3.23. The van der Waals surface area contributed by atoms with E-state index >= 15 is 0 Å². The van der Waals surface area contributed by atoms with E-state index in [4.69, 9.17) is 9.47 Å². The predicted octanol–water partition coefficient (Wildman–Crippen LogP) is 3.33. The number of rotatable bonds is 4. The molecule has 1 aromatic heterocycles. The number of thioether (sulfide) groups is 1. The van der Waals surface area contributed by atoms with Gasteiger partial charge in [-0.05, 0) is 36.1 Å². The molecule has 3 rings (SSSR count). The first kappa shape index (κ1) is 14.0. The number of aromatic nitrogens is 1. The summed E-state index contributed by atoms with van der Waals surface area (Å²) in [5.74, 6) is 1.08. The van der Waals surface area contributed by atoms with Gasteiger partial charge in [0.05, 0.1) is 11.9 Å². The summed E-state index contributed by atoms with van der Waals surface area (Å²) >= 11 is 1.65. The van der Waals surface area contributed by atoms with Crippen LogP contribution in [0.1, 0.15) is 5.56 Å². The molecule has 0 atom stereocenters. The van der Waals surface area contributed by atoms with Crippen molar-refractivity contribution < 1.29 is 13.9 Å². The Labute approximate surface area is 126 Å². The minimum Gasteiger partial charge on any atom is -0.486 e. The molecule has 6 heteroatoms. The summed E-state index contributed by atoms with van der Waals surface area (Å²) in [7, 11) is 0. The van der Waals surface area contributed by atoms with E-state index in [9.17, 15) is 4.39 Å². The van der Waals surface area contributed by atoms with Crippen LogP contribution in [-0.2, 0) is 6.54 Å². The second-order valence-electron chi connectivity index (χ2n) is 4.53. The van der Waals surface area contributed by atoms with E-state index in [0.717, 1.165) is 27.6 Å². The van der Waals surface area contributed by atoms with Gasteiger partial charge in [-0.25, -0.2) is 4.98 Å². The van der Waals surface area contributed by atoms with Gasteiger partial charge in [0.1, 0.15) is 13.2 Å². The minimum atomic E-state index is -0.482. The lowest BCUT2D eigenvalue weighted by atomic mass is 10.2. The van der Waals surface area contributed by atoms with Crippen molar-refractivity contribution in [2.45, 2.75) is 11.4 Å². The fourth-order valence-electron chi connectivity index (χ4n) is 2.12. The average Bonchev–Trinajstić information content (AvgIpc) is 2.53. The molecule has 0 fully saturated rings.